The molecule has 1 aliphatic rings. The summed E-state index contributed by atoms with van der Waals surface area (Å²) in [5, 5.41) is 2.18. The summed E-state index contributed by atoms with van der Waals surface area (Å²) in [6.07, 6.45) is -8.31. The van der Waals surface area contributed by atoms with Crippen LogP contribution in [0.3, 0.4) is 0 Å². The number of alkyl halides is 6. The molecule has 0 radical (unpaired) electrons. The van der Waals surface area contributed by atoms with Gasteiger partial charge in [-0.15, -0.1) is 0 Å². The van der Waals surface area contributed by atoms with E-state index in [-0.39, 0.29) is 5.56 Å². The number of halogens is 6. The van der Waals surface area contributed by atoms with Gasteiger partial charge in [0.05, 0.1) is 6.04 Å². The lowest BCUT2D eigenvalue weighted by molar-refractivity contribution is -0.292. The summed E-state index contributed by atoms with van der Waals surface area (Å²) in [5.74, 6) is -3.42. The lowest BCUT2D eigenvalue weighted by atomic mass is 9.90. The first kappa shape index (κ1) is 16.1. The lowest BCUT2D eigenvalue weighted by Gasteiger charge is -2.31. The summed E-state index contributed by atoms with van der Waals surface area (Å²) in [6, 6.07) is 2.62. The molecular weight excluding hydrogens is 296 g/mol. The number of benzene rings is 1. The molecule has 21 heavy (non-hydrogen) atoms. The molecule has 0 aliphatic heterocycles. The first-order valence-corrected chi connectivity index (χ1v) is 6.57. The SMILES string of the molecule is CNC(c1ccc2c(c1)CCC2)C(C(F)(F)F)C(F)(F)F. The van der Waals surface area contributed by atoms with Gasteiger partial charge in [0, 0.05) is 0 Å². The van der Waals surface area contributed by atoms with Crippen LogP contribution in [0.5, 0.6) is 0 Å². The topological polar surface area (TPSA) is 12.0 Å². The second kappa shape index (κ2) is 5.51. The van der Waals surface area contributed by atoms with Gasteiger partial charge in [-0.3, -0.25) is 0 Å². The van der Waals surface area contributed by atoms with Gasteiger partial charge in [0.15, 0.2) is 5.92 Å². The molecule has 0 saturated heterocycles. The molecule has 1 nitrogen and oxygen atoms in total. The van der Waals surface area contributed by atoms with Gasteiger partial charge in [-0.1, -0.05) is 18.2 Å². The van der Waals surface area contributed by atoms with Gasteiger partial charge in [0.25, 0.3) is 0 Å². The molecule has 0 spiro atoms. The smallest absolute Gasteiger partial charge is 0.312 e. The molecule has 1 N–H and O–H groups in total. The Morgan fingerprint density at radius 3 is 2.05 bits per heavy atom. The van der Waals surface area contributed by atoms with Crippen molar-refractivity contribution in [3.8, 4) is 0 Å². The van der Waals surface area contributed by atoms with Crippen LogP contribution < -0.4 is 5.32 Å². The molecule has 118 valence electrons. The quantitative estimate of drug-likeness (QED) is 0.826. The average molecular weight is 311 g/mol. The van der Waals surface area contributed by atoms with Gasteiger partial charge < -0.3 is 5.32 Å². The molecular formula is C14H15F6N. The predicted molar refractivity (Wildman–Crippen MR) is 65.9 cm³/mol. The van der Waals surface area contributed by atoms with Crippen molar-refractivity contribution in [1.82, 2.24) is 5.32 Å². The van der Waals surface area contributed by atoms with E-state index in [2.05, 4.69) is 5.32 Å². The Bertz CT molecular complexity index is 491. The first-order chi connectivity index (χ1) is 9.64. The van der Waals surface area contributed by atoms with E-state index in [9.17, 15) is 26.3 Å². The van der Waals surface area contributed by atoms with Crippen LogP contribution >= 0.6 is 0 Å². The second-order valence-electron chi connectivity index (χ2n) is 5.21. The molecule has 0 heterocycles. The van der Waals surface area contributed by atoms with E-state index in [0.29, 0.717) is 6.42 Å². The monoisotopic (exact) mass is 311 g/mol. The van der Waals surface area contributed by atoms with Gasteiger partial charge in [-0.2, -0.15) is 26.3 Å². The summed E-state index contributed by atoms with van der Waals surface area (Å²) < 4.78 is 77.1. The molecule has 2 rings (SSSR count). The highest BCUT2D eigenvalue weighted by molar-refractivity contribution is 5.37. The highest BCUT2D eigenvalue weighted by Crippen LogP contribution is 2.46. The molecule has 0 aromatic heterocycles. The normalized spacial score (nSPS) is 17.1. The van der Waals surface area contributed by atoms with Crippen LogP contribution in [0.4, 0.5) is 26.3 Å². The number of rotatable bonds is 3. The Morgan fingerprint density at radius 1 is 0.952 bits per heavy atom. The highest BCUT2D eigenvalue weighted by atomic mass is 19.4. The van der Waals surface area contributed by atoms with Crippen LogP contribution in [0.2, 0.25) is 0 Å². The van der Waals surface area contributed by atoms with Crippen LogP contribution in [0.1, 0.15) is 29.2 Å². The lowest BCUT2D eigenvalue weighted by Crippen LogP contribution is -2.45. The Hall–Kier alpha value is -1.24. The fraction of sp³-hybridized carbons (Fsp3) is 0.571. The van der Waals surface area contributed by atoms with Gasteiger partial charge in [0.1, 0.15) is 0 Å². The van der Waals surface area contributed by atoms with E-state index < -0.39 is 24.3 Å². The Kier molecular flexibility index (Phi) is 4.24. The standard InChI is InChI=1S/C14H15F6N/c1-21-11(12(13(15,16)17)14(18,19)20)10-6-5-8-3-2-4-9(8)7-10/h5-7,11-12,21H,2-4H2,1H3. The van der Waals surface area contributed by atoms with Crippen LogP contribution in [0.15, 0.2) is 18.2 Å². The van der Waals surface area contributed by atoms with E-state index in [1.54, 1.807) is 6.07 Å². The van der Waals surface area contributed by atoms with E-state index in [4.69, 9.17) is 0 Å². The summed E-state index contributed by atoms with van der Waals surface area (Å²) in [7, 11) is 1.11. The minimum atomic E-state index is -5.36. The minimum Gasteiger partial charge on any atom is -0.312 e. The number of aryl methyl sites for hydroxylation is 2. The molecule has 0 saturated carbocycles. The average Bonchev–Trinajstić information content (AvgIpc) is 2.79. The zero-order valence-corrected chi connectivity index (χ0v) is 11.3. The maximum atomic E-state index is 12.9. The maximum Gasteiger partial charge on any atom is 0.402 e. The molecule has 7 heteroatoms. The van der Waals surface area contributed by atoms with Crippen molar-refractivity contribution in [2.24, 2.45) is 5.92 Å². The van der Waals surface area contributed by atoms with E-state index in [0.717, 1.165) is 31.0 Å². The van der Waals surface area contributed by atoms with Crippen LogP contribution in [-0.2, 0) is 12.8 Å². The van der Waals surface area contributed by atoms with Crippen LogP contribution in [0, 0.1) is 5.92 Å². The van der Waals surface area contributed by atoms with Gasteiger partial charge in [0.2, 0.25) is 0 Å². The summed E-state index contributed by atoms with van der Waals surface area (Å²) in [5.41, 5.74) is 1.87. The largest absolute Gasteiger partial charge is 0.402 e. The van der Waals surface area contributed by atoms with Crippen molar-refractivity contribution >= 4 is 0 Å². The predicted octanol–water partition coefficient (Wildman–Crippen LogP) is 4.18. The molecule has 1 aliphatic carbocycles. The molecule has 1 atom stereocenters. The molecule has 0 amide bonds. The van der Waals surface area contributed by atoms with Crippen molar-refractivity contribution in [2.75, 3.05) is 7.05 Å². The minimum absolute atomic E-state index is 0.0257. The first-order valence-electron chi connectivity index (χ1n) is 6.57. The third kappa shape index (κ3) is 3.33. The molecule has 1 aromatic carbocycles. The van der Waals surface area contributed by atoms with Crippen molar-refractivity contribution in [3.05, 3.63) is 34.9 Å². The Morgan fingerprint density at radius 2 is 1.52 bits per heavy atom. The van der Waals surface area contributed by atoms with Gasteiger partial charge >= 0.3 is 12.4 Å². The summed E-state index contributed by atoms with van der Waals surface area (Å²) in [6.45, 7) is 0. The molecule has 0 bridgehead atoms. The highest BCUT2D eigenvalue weighted by Gasteiger charge is 2.60. The van der Waals surface area contributed by atoms with Crippen LogP contribution in [0.25, 0.3) is 0 Å². The number of hydrogen-bond donors (Lipinski definition) is 1. The van der Waals surface area contributed by atoms with Gasteiger partial charge in [-0.25, -0.2) is 0 Å². The molecule has 1 aromatic rings. The summed E-state index contributed by atoms with van der Waals surface area (Å²) >= 11 is 0. The summed E-state index contributed by atoms with van der Waals surface area (Å²) in [4.78, 5) is 0. The third-order valence-electron chi connectivity index (χ3n) is 3.83. The zero-order valence-electron chi connectivity index (χ0n) is 11.3. The maximum absolute atomic E-state index is 12.9. The van der Waals surface area contributed by atoms with Crippen LogP contribution in [-0.4, -0.2) is 19.4 Å². The number of fused-ring (bicyclic) bond motifs is 1. The Labute approximate surface area is 118 Å². The fourth-order valence-electron chi connectivity index (χ4n) is 2.87. The van der Waals surface area contributed by atoms with E-state index in [1.807, 2.05) is 0 Å². The van der Waals surface area contributed by atoms with E-state index >= 15 is 0 Å². The van der Waals surface area contributed by atoms with Crippen molar-refractivity contribution in [2.45, 2.75) is 37.7 Å². The third-order valence-corrected chi connectivity index (χ3v) is 3.83. The number of nitrogens with one attached hydrogen (secondary N) is 1. The molecule has 1 unspecified atom stereocenters. The Balaban J connectivity index is 2.41. The van der Waals surface area contributed by atoms with Crippen molar-refractivity contribution in [3.63, 3.8) is 0 Å². The second-order valence-corrected chi connectivity index (χ2v) is 5.21. The fourth-order valence-corrected chi connectivity index (χ4v) is 2.87. The molecule has 0 fully saturated rings. The van der Waals surface area contributed by atoms with E-state index in [1.165, 1.54) is 12.1 Å². The van der Waals surface area contributed by atoms with Crippen molar-refractivity contribution in [1.29, 1.82) is 0 Å². The van der Waals surface area contributed by atoms with Gasteiger partial charge in [-0.05, 0) is 43.0 Å². The van der Waals surface area contributed by atoms with Crippen molar-refractivity contribution < 1.29 is 26.3 Å². The number of hydrogen-bond acceptors (Lipinski definition) is 1. The zero-order chi connectivity index (χ0) is 15.8.